The Balaban J connectivity index is 2.28. The van der Waals surface area contributed by atoms with E-state index in [1.54, 1.807) is 0 Å². The Kier molecular flexibility index (Phi) is 6.69. The molecule has 1 atom stereocenters. The van der Waals surface area contributed by atoms with Crippen molar-refractivity contribution in [2.45, 2.75) is 45.2 Å². The van der Waals surface area contributed by atoms with Crippen molar-refractivity contribution in [1.82, 2.24) is 10.2 Å². The number of nitrogens with zero attached hydrogens (tertiary/aromatic N) is 1. The van der Waals surface area contributed by atoms with Crippen LogP contribution in [0, 0.1) is 0 Å². The minimum Gasteiger partial charge on any atom is -0.314 e. The molecule has 0 aliphatic carbocycles. The number of piperidine rings is 1. The molecule has 1 fully saturated rings. The summed E-state index contributed by atoms with van der Waals surface area (Å²) in [7, 11) is 0. The molecule has 1 unspecified atom stereocenters. The van der Waals surface area contributed by atoms with Crippen LogP contribution in [0.1, 0.15) is 33.1 Å². The lowest BCUT2D eigenvalue weighted by atomic mass is 10.0. The van der Waals surface area contributed by atoms with Crippen LogP contribution in [0.15, 0.2) is 0 Å². The standard InChI is InChI=1S/C12H26N2S/c1-4-12(10-15-3)14-8-6-11(7-9-14)13-5-2/h11-13H,4-10H2,1-3H3. The van der Waals surface area contributed by atoms with Crippen LogP contribution in [0.3, 0.4) is 0 Å². The first kappa shape index (κ1) is 13.3. The van der Waals surface area contributed by atoms with Gasteiger partial charge in [0.1, 0.15) is 0 Å². The number of nitrogens with one attached hydrogen (secondary N) is 1. The summed E-state index contributed by atoms with van der Waals surface area (Å²) in [6, 6.07) is 1.58. The number of thioether (sulfide) groups is 1. The minimum absolute atomic E-state index is 0.776. The van der Waals surface area contributed by atoms with Crippen LogP contribution in [0.2, 0.25) is 0 Å². The summed E-state index contributed by atoms with van der Waals surface area (Å²) in [5.74, 6) is 1.29. The quantitative estimate of drug-likeness (QED) is 0.753. The molecular formula is C12H26N2S. The number of likely N-dealkylation sites (tertiary alicyclic amines) is 1. The molecule has 0 radical (unpaired) electrons. The van der Waals surface area contributed by atoms with E-state index < -0.39 is 0 Å². The molecule has 0 aromatic carbocycles. The first-order valence-electron chi connectivity index (χ1n) is 6.28. The average Bonchev–Trinajstić information content (AvgIpc) is 2.28. The summed E-state index contributed by atoms with van der Waals surface area (Å²) < 4.78 is 0. The van der Waals surface area contributed by atoms with E-state index in [9.17, 15) is 0 Å². The molecular weight excluding hydrogens is 204 g/mol. The number of hydrogen-bond donors (Lipinski definition) is 1. The highest BCUT2D eigenvalue weighted by Crippen LogP contribution is 2.17. The minimum atomic E-state index is 0.776. The fraction of sp³-hybridized carbons (Fsp3) is 1.00. The zero-order valence-corrected chi connectivity index (χ0v) is 11.3. The van der Waals surface area contributed by atoms with Crippen molar-refractivity contribution in [1.29, 1.82) is 0 Å². The van der Waals surface area contributed by atoms with Crippen LogP contribution in [-0.2, 0) is 0 Å². The molecule has 0 aromatic heterocycles. The molecule has 0 saturated carbocycles. The zero-order chi connectivity index (χ0) is 11.1. The summed E-state index contributed by atoms with van der Waals surface area (Å²) >= 11 is 1.98. The van der Waals surface area contributed by atoms with Gasteiger partial charge in [0.25, 0.3) is 0 Å². The second-order valence-electron chi connectivity index (χ2n) is 4.39. The van der Waals surface area contributed by atoms with Crippen LogP contribution in [0.4, 0.5) is 0 Å². The number of hydrogen-bond acceptors (Lipinski definition) is 3. The monoisotopic (exact) mass is 230 g/mol. The Morgan fingerprint density at radius 1 is 1.33 bits per heavy atom. The van der Waals surface area contributed by atoms with Gasteiger partial charge in [0.2, 0.25) is 0 Å². The van der Waals surface area contributed by atoms with Gasteiger partial charge in [-0.1, -0.05) is 13.8 Å². The van der Waals surface area contributed by atoms with Gasteiger partial charge in [0, 0.05) is 17.8 Å². The largest absolute Gasteiger partial charge is 0.314 e. The van der Waals surface area contributed by atoms with Crippen molar-refractivity contribution in [3.8, 4) is 0 Å². The van der Waals surface area contributed by atoms with Gasteiger partial charge in [-0.15, -0.1) is 0 Å². The van der Waals surface area contributed by atoms with E-state index in [1.807, 2.05) is 11.8 Å². The van der Waals surface area contributed by atoms with E-state index in [4.69, 9.17) is 0 Å². The van der Waals surface area contributed by atoms with Gasteiger partial charge in [-0.05, 0) is 45.2 Å². The summed E-state index contributed by atoms with van der Waals surface area (Å²) in [6.45, 7) is 8.21. The van der Waals surface area contributed by atoms with Crippen LogP contribution in [0.5, 0.6) is 0 Å². The molecule has 0 amide bonds. The molecule has 0 spiro atoms. The van der Waals surface area contributed by atoms with Crippen LogP contribution in [0.25, 0.3) is 0 Å². The third kappa shape index (κ3) is 4.33. The Morgan fingerprint density at radius 3 is 2.47 bits per heavy atom. The Bertz CT molecular complexity index is 156. The summed E-state index contributed by atoms with van der Waals surface area (Å²) in [4.78, 5) is 2.68. The normalized spacial score (nSPS) is 21.8. The summed E-state index contributed by atoms with van der Waals surface area (Å²) in [6.07, 6.45) is 6.18. The maximum Gasteiger partial charge on any atom is 0.0183 e. The SMILES string of the molecule is CCNC1CCN(C(CC)CSC)CC1. The second kappa shape index (κ2) is 7.53. The maximum atomic E-state index is 3.56. The molecule has 2 nitrogen and oxygen atoms in total. The van der Waals surface area contributed by atoms with E-state index in [1.165, 1.54) is 38.1 Å². The van der Waals surface area contributed by atoms with Gasteiger partial charge in [0.15, 0.2) is 0 Å². The van der Waals surface area contributed by atoms with Gasteiger partial charge >= 0.3 is 0 Å². The summed E-state index contributed by atoms with van der Waals surface area (Å²) in [5, 5.41) is 3.56. The average molecular weight is 230 g/mol. The van der Waals surface area contributed by atoms with E-state index >= 15 is 0 Å². The molecule has 90 valence electrons. The predicted octanol–water partition coefficient (Wildman–Crippen LogP) is 2.20. The Morgan fingerprint density at radius 2 is 2.00 bits per heavy atom. The fourth-order valence-corrected chi connectivity index (χ4v) is 3.26. The fourth-order valence-electron chi connectivity index (χ4n) is 2.43. The van der Waals surface area contributed by atoms with Crippen LogP contribution in [-0.4, -0.2) is 48.6 Å². The van der Waals surface area contributed by atoms with Gasteiger partial charge < -0.3 is 5.32 Å². The second-order valence-corrected chi connectivity index (χ2v) is 5.30. The zero-order valence-electron chi connectivity index (χ0n) is 10.5. The van der Waals surface area contributed by atoms with Crippen molar-refractivity contribution in [2.75, 3.05) is 31.6 Å². The van der Waals surface area contributed by atoms with Crippen molar-refractivity contribution < 1.29 is 0 Å². The molecule has 1 aliphatic rings. The maximum absolute atomic E-state index is 3.56. The molecule has 1 rings (SSSR count). The van der Waals surface area contributed by atoms with E-state index in [0.717, 1.165) is 18.6 Å². The third-order valence-corrected chi connectivity index (χ3v) is 4.09. The van der Waals surface area contributed by atoms with E-state index in [-0.39, 0.29) is 0 Å². The molecule has 1 saturated heterocycles. The molecule has 0 aromatic rings. The first-order valence-corrected chi connectivity index (χ1v) is 7.67. The highest BCUT2D eigenvalue weighted by molar-refractivity contribution is 7.98. The first-order chi connectivity index (χ1) is 7.31. The van der Waals surface area contributed by atoms with Crippen molar-refractivity contribution in [3.63, 3.8) is 0 Å². The van der Waals surface area contributed by atoms with Crippen molar-refractivity contribution >= 4 is 11.8 Å². The number of rotatable bonds is 6. The molecule has 3 heteroatoms. The smallest absolute Gasteiger partial charge is 0.0183 e. The van der Waals surface area contributed by atoms with Crippen LogP contribution >= 0.6 is 11.8 Å². The predicted molar refractivity (Wildman–Crippen MR) is 70.7 cm³/mol. The molecule has 1 aliphatic heterocycles. The van der Waals surface area contributed by atoms with Crippen LogP contribution < -0.4 is 5.32 Å². The Hall–Kier alpha value is 0.270. The van der Waals surface area contributed by atoms with Crippen molar-refractivity contribution in [2.24, 2.45) is 0 Å². The lowest BCUT2D eigenvalue weighted by Crippen LogP contribution is -2.47. The topological polar surface area (TPSA) is 15.3 Å². The third-order valence-electron chi connectivity index (χ3n) is 3.37. The molecule has 0 bridgehead atoms. The lowest BCUT2D eigenvalue weighted by molar-refractivity contribution is 0.152. The lowest BCUT2D eigenvalue weighted by Gasteiger charge is -2.37. The van der Waals surface area contributed by atoms with Gasteiger partial charge in [-0.2, -0.15) is 11.8 Å². The van der Waals surface area contributed by atoms with Gasteiger partial charge in [-0.25, -0.2) is 0 Å². The molecule has 15 heavy (non-hydrogen) atoms. The molecule has 1 heterocycles. The highest BCUT2D eigenvalue weighted by atomic mass is 32.2. The van der Waals surface area contributed by atoms with Crippen molar-refractivity contribution in [3.05, 3.63) is 0 Å². The Labute approximate surface area is 99.2 Å². The van der Waals surface area contributed by atoms with Gasteiger partial charge in [-0.3, -0.25) is 4.90 Å². The van der Waals surface area contributed by atoms with Gasteiger partial charge in [0.05, 0.1) is 0 Å². The molecule has 1 N–H and O–H groups in total. The van der Waals surface area contributed by atoms with E-state index in [0.29, 0.717) is 0 Å². The van der Waals surface area contributed by atoms with E-state index in [2.05, 4.69) is 30.3 Å². The highest BCUT2D eigenvalue weighted by Gasteiger charge is 2.22. The summed E-state index contributed by atoms with van der Waals surface area (Å²) in [5.41, 5.74) is 0.